The Kier molecular flexibility index (Phi) is 2.49. The SMILES string of the molecule is O=C1c2c(Cl)cccc2-n2c1nc1cc(Cl)ccc1c2=O. The maximum Gasteiger partial charge on any atom is 0.266 e. The number of nitrogens with zero attached hydrogens (tertiary/aromatic N) is 2. The van der Waals surface area contributed by atoms with Crippen LogP contribution in [-0.2, 0) is 0 Å². The van der Waals surface area contributed by atoms with Crippen molar-refractivity contribution in [2.75, 3.05) is 0 Å². The second-order valence-corrected chi connectivity index (χ2v) is 5.54. The molecule has 21 heavy (non-hydrogen) atoms. The van der Waals surface area contributed by atoms with Gasteiger partial charge in [-0.15, -0.1) is 0 Å². The van der Waals surface area contributed by atoms with Crippen molar-refractivity contribution in [3.63, 3.8) is 0 Å². The van der Waals surface area contributed by atoms with Gasteiger partial charge in [-0.1, -0.05) is 29.3 Å². The lowest BCUT2D eigenvalue weighted by Gasteiger charge is -2.05. The van der Waals surface area contributed by atoms with E-state index in [9.17, 15) is 9.59 Å². The smallest absolute Gasteiger partial charge is 0.266 e. The van der Waals surface area contributed by atoms with E-state index in [1.54, 1.807) is 36.4 Å². The molecule has 0 saturated carbocycles. The average Bonchev–Trinajstić information content (AvgIpc) is 2.73. The molecule has 0 atom stereocenters. The molecule has 0 saturated heterocycles. The number of hydrogen-bond donors (Lipinski definition) is 0. The van der Waals surface area contributed by atoms with Crippen LogP contribution in [-0.4, -0.2) is 15.3 Å². The molecule has 2 aromatic carbocycles. The highest BCUT2D eigenvalue weighted by Crippen LogP contribution is 2.31. The summed E-state index contributed by atoms with van der Waals surface area (Å²) in [4.78, 5) is 29.4. The normalized spacial score (nSPS) is 12.6. The number of ketones is 1. The summed E-state index contributed by atoms with van der Waals surface area (Å²) in [5.74, 6) is -0.285. The molecule has 6 heteroatoms. The zero-order valence-corrected chi connectivity index (χ0v) is 11.9. The lowest BCUT2D eigenvalue weighted by atomic mass is 10.1. The number of halogens is 2. The monoisotopic (exact) mass is 316 g/mol. The predicted octanol–water partition coefficient (Wildman–Crippen LogP) is 3.24. The van der Waals surface area contributed by atoms with E-state index in [1.165, 1.54) is 4.57 Å². The highest BCUT2D eigenvalue weighted by Gasteiger charge is 2.32. The van der Waals surface area contributed by atoms with Gasteiger partial charge >= 0.3 is 0 Å². The van der Waals surface area contributed by atoms with Crippen LogP contribution < -0.4 is 5.56 Å². The summed E-state index contributed by atoms with van der Waals surface area (Å²) >= 11 is 12.0. The molecular formula is C15H6Cl2N2O2. The van der Waals surface area contributed by atoms with Gasteiger partial charge in [-0.3, -0.25) is 14.2 Å². The summed E-state index contributed by atoms with van der Waals surface area (Å²) in [7, 11) is 0. The Bertz CT molecular complexity index is 1010. The van der Waals surface area contributed by atoms with Crippen LogP contribution in [0.25, 0.3) is 16.6 Å². The zero-order chi connectivity index (χ0) is 14.7. The van der Waals surface area contributed by atoms with Crippen LogP contribution >= 0.6 is 23.2 Å². The molecule has 0 bridgehead atoms. The van der Waals surface area contributed by atoms with Crippen molar-refractivity contribution < 1.29 is 4.79 Å². The van der Waals surface area contributed by atoms with Crippen LogP contribution in [0.15, 0.2) is 41.2 Å². The van der Waals surface area contributed by atoms with Gasteiger partial charge in [0.05, 0.1) is 27.2 Å². The molecule has 0 radical (unpaired) electrons. The van der Waals surface area contributed by atoms with Gasteiger partial charge in [0.1, 0.15) is 0 Å². The number of fused-ring (bicyclic) bond motifs is 4. The average molecular weight is 317 g/mol. The first-order valence-corrected chi connectivity index (χ1v) is 6.89. The van der Waals surface area contributed by atoms with Crippen LogP contribution in [0.4, 0.5) is 0 Å². The molecule has 0 unspecified atom stereocenters. The van der Waals surface area contributed by atoms with E-state index in [0.717, 1.165) is 0 Å². The Morgan fingerprint density at radius 2 is 1.86 bits per heavy atom. The minimum absolute atomic E-state index is 0.0675. The molecule has 0 fully saturated rings. The Labute approximate surface area is 128 Å². The summed E-state index contributed by atoms with van der Waals surface area (Å²) in [6.07, 6.45) is 0. The van der Waals surface area contributed by atoms with Gasteiger partial charge in [0.2, 0.25) is 5.78 Å². The first-order chi connectivity index (χ1) is 10.1. The number of rotatable bonds is 0. The van der Waals surface area contributed by atoms with E-state index in [0.29, 0.717) is 32.2 Å². The van der Waals surface area contributed by atoms with Crippen molar-refractivity contribution in [3.05, 3.63) is 68.2 Å². The zero-order valence-electron chi connectivity index (χ0n) is 10.4. The molecule has 1 aromatic heterocycles. The van der Waals surface area contributed by atoms with Gasteiger partial charge in [0, 0.05) is 5.02 Å². The molecule has 2 heterocycles. The van der Waals surface area contributed by atoms with Crippen molar-refractivity contribution in [2.45, 2.75) is 0 Å². The molecule has 0 N–H and O–H groups in total. The van der Waals surface area contributed by atoms with Crippen LogP contribution in [0.1, 0.15) is 16.2 Å². The number of benzene rings is 2. The van der Waals surface area contributed by atoms with Gasteiger partial charge in [-0.05, 0) is 30.3 Å². The predicted molar refractivity (Wildman–Crippen MR) is 80.8 cm³/mol. The summed E-state index contributed by atoms with van der Waals surface area (Å²) in [6.45, 7) is 0. The van der Waals surface area contributed by atoms with Gasteiger partial charge in [0.25, 0.3) is 5.56 Å². The van der Waals surface area contributed by atoms with Crippen molar-refractivity contribution in [3.8, 4) is 5.69 Å². The van der Waals surface area contributed by atoms with Crippen LogP contribution in [0.5, 0.6) is 0 Å². The summed E-state index contributed by atoms with van der Waals surface area (Å²) in [5, 5.41) is 1.17. The number of carbonyl (C=O) groups is 1. The number of aromatic nitrogens is 2. The van der Waals surface area contributed by atoms with Crippen LogP contribution in [0.2, 0.25) is 10.0 Å². The van der Waals surface area contributed by atoms with E-state index in [4.69, 9.17) is 23.2 Å². The maximum absolute atomic E-state index is 12.6. The fourth-order valence-electron chi connectivity index (χ4n) is 2.57. The van der Waals surface area contributed by atoms with E-state index >= 15 is 0 Å². The van der Waals surface area contributed by atoms with Gasteiger partial charge in [-0.2, -0.15) is 0 Å². The minimum Gasteiger partial charge on any atom is -0.285 e. The lowest BCUT2D eigenvalue weighted by Crippen LogP contribution is -2.21. The second kappa shape index (κ2) is 4.16. The Hall–Kier alpha value is -2.17. The Morgan fingerprint density at radius 3 is 2.67 bits per heavy atom. The molecule has 4 nitrogen and oxygen atoms in total. The maximum atomic E-state index is 12.6. The third-order valence-corrected chi connectivity index (χ3v) is 4.04. The highest BCUT2D eigenvalue weighted by atomic mass is 35.5. The second-order valence-electron chi connectivity index (χ2n) is 4.70. The van der Waals surface area contributed by atoms with E-state index < -0.39 is 0 Å². The molecule has 1 aliphatic heterocycles. The van der Waals surface area contributed by atoms with E-state index in [1.807, 2.05) is 0 Å². The molecule has 3 aromatic rings. The molecule has 102 valence electrons. The van der Waals surface area contributed by atoms with Gasteiger partial charge in [0.15, 0.2) is 5.82 Å². The molecular weight excluding hydrogens is 311 g/mol. The minimum atomic E-state index is -0.352. The Balaban J connectivity index is 2.20. The topological polar surface area (TPSA) is 52.0 Å². The van der Waals surface area contributed by atoms with Crippen molar-refractivity contribution >= 4 is 39.9 Å². The fourth-order valence-corrected chi connectivity index (χ4v) is 2.99. The van der Waals surface area contributed by atoms with Crippen molar-refractivity contribution in [2.24, 2.45) is 0 Å². The van der Waals surface area contributed by atoms with Gasteiger partial charge < -0.3 is 0 Å². The molecule has 0 amide bonds. The summed E-state index contributed by atoms with van der Waals surface area (Å²) < 4.78 is 1.31. The highest BCUT2D eigenvalue weighted by molar-refractivity contribution is 6.36. The first kappa shape index (κ1) is 12.6. The van der Waals surface area contributed by atoms with Crippen LogP contribution in [0.3, 0.4) is 0 Å². The van der Waals surface area contributed by atoms with Crippen molar-refractivity contribution in [1.29, 1.82) is 0 Å². The number of carbonyl (C=O) groups excluding carboxylic acids is 1. The van der Waals surface area contributed by atoms with Crippen molar-refractivity contribution in [1.82, 2.24) is 9.55 Å². The molecule has 0 aliphatic carbocycles. The van der Waals surface area contributed by atoms with E-state index in [-0.39, 0.29) is 17.2 Å². The largest absolute Gasteiger partial charge is 0.285 e. The lowest BCUT2D eigenvalue weighted by molar-refractivity contribution is 0.103. The first-order valence-electron chi connectivity index (χ1n) is 6.14. The molecule has 0 spiro atoms. The standard InChI is InChI=1S/C15H6Cl2N2O2/c16-7-4-5-8-10(6-7)18-14-13(20)12-9(17)2-1-3-11(12)19(14)15(8)21/h1-6H. The summed E-state index contributed by atoms with van der Waals surface area (Å²) in [6, 6.07) is 9.79. The van der Waals surface area contributed by atoms with Gasteiger partial charge in [-0.25, -0.2) is 4.98 Å². The Morgan fingerprint density at radius 1 is 1.05 bits per heavy atom. The van der Waals surface area contributed by atoms with Crippen LogP contribution in [0, 0.1) is 0 Å². The third-order valence-electron chi connectivity index (χ3n) is 3.49. The molecule has 1 aliphatic rings. The molecule has 4 rings (SSSR count). The third kappa shape index (κ3) is 1.60. The quantitative estimate of drug-likeness (QED) is 0.500. The number of hydrogen-bond acceptors (Lipinski definition) is 3. The van der Waals surface area contributed by atoms with E-state index in [2.05, 4.69) is 4.98 Å². The fraction of sp³-hybridized carbons (Fsp3) is 0. The summed E-state index contributed by atoms with van der Waals surface area (Å²) in [5.41, 5.74) is 0.874.